The van der Waals surface area contributed by atoms with E-state index in [9.17, 15) is 21.6 Å². The Morgan fingerprint density at radius 2 is 1.94 bits per heavy atom. The number of halogens is 3. The zero-order valence-electron chi connectivity index (χ0n) is 7.67. The quantitative estimate of drug-likeness (QED) is 0.823. The lowest BCUT2D eigenvalue weighted by atomic mass is 10.3. The van der Waals surface area contributed by atoms with E-state index in [2.05, 4.69) is 0 Å². The van der Waals surface area contributed by atoms with Gasteiger partial charge in [-0.2, -0.15) is 5.26 Å². The summed E-state index contributed by atoms with van der Waals surface area (Å²) in [5.41, 5.74) is -0.868. The summed E-state index contributed by atoms with van der Waals surface area (Å²) in [6, 6.07) is 2.07. The topological polar surface area (TPSA) is 70.0 Å². The van der Waals surface area contributed by atoms with Gasteiger partial charge >= 0.3 is 0 Å². The fourth-order valence-corrected chi connectivity index (χ4v) is 1.64. The Morgan fingerprint density at radius 1 is 1.31 bits per heavy atom. The van der Waals surface area contributed by atoms with Gasteiger partial charge < -0.3 is 0 Å². The highest BCUT2D eigenvalue weighted by molar-refractivity contribution is 7.92. The number of benzene rings is 1. The first-order valence-corrected chi connectivity index (χ1v) is 5.53. The maximum atomic E-state index is 13.0. The number of sulfonamides is 1. The summed E-state index contributed by atoms with van der Waals surface area (Å²) in [6.07, 6.45) is 0. The van der Waals surface area contributed by atoms with Gasteiger partial charge in [0.25, 0.3) is 0 Å². The van der Waals surface area contributed by atoms with E-state index in [1.165, 1.54) is 6.07 Å². The molecule has 0 bridgehead atoms. The molecule has 0 saturated heterocycles. The van der Waals surface area contributed by atoms with E-state index in [0.717, 1.165) is 0 Å². The van der Waals surface area contributed by atoms with E-state index >= 15 is 0 Å². The van der Waals surface area contributed by atoms with Gasteiger partial charge in [0.15, 0.2) is 17.4 Å². The summed E-state index contributed by atoms with van der Waals surface area (Å²) in [4.78, 5) is 0. The van der Waals surface area contributed by atoms with Crippen molar-refractivity contribution in [3.05, 3.63) is 29.6 Å². The van der Waals surface area contributed by atoms with Crippen LogP contribution in [0.2, 0.25) is 0 Å². The van der Waals surface area contributed by atoms with Gasteiger partial charge in [0.2, 0.25) is 10.0 Å². The number of hydrogen-bond acceptors (Lipinski definition) is 3. The minimum atomic E-state index is -4.13. The smallest absolute Gasteiger partial charge is 0.246 e. The van der Waals surface area contributed by atoms with Crippen molar-refractivity contribution in [2.45, 2.75) is 0 Å². The molecule has 0 unspecified atom stereocenters. The third-order valence-corrected chi connectivity index (χ3v) is 2.55. The first-order chi connectivity index (χ1) is 7.35. The molecule has 0 aromatic heterocycles. The second kappa shape index (κ2) is 4.40. The van der Waals surface area contributed by atoms with Gasteiger partial charge in [-0.25, -0.2) is 21.6 Å². The Labute approximate surface area is 89.4 Å². The Hall–Kier alpha value is -1.75. The van der Waals surface area contributed by atoms with Crippen molar-refractivity contribution in [2.75, 3.05) is 10.5 Å². The van der Waals surface area contributed by atoms with Crippen LogP contribution in [-0.4, -0.2) is 14.2 Å². The molecule has 1 rings (SSSR count). The lowest BCUT2D eigenvalue weighted by Gasteiger charge is -2.06. The summed E-state index contributed by atoms with van der Waals surface area (Å²) in [7, 11) is -4.13. The molecule has 0 aliphatic carbocycles. The van der Waals surface area contributed by atoms with Crippen LogP contribution in [0, 0.1) is 28.8 Å². The van der Waals surface area contributed by atoms with Crippen molar-refractivity contribution in [1.29, 1.82) is 5.26 Å². The van der Waals surface area contributed by atoms with Crippen molar-refractivity contribution in [3.63, 3.8) is 0 Å². The molecule has 0 amide bonds. The number of anilines is 1. The van der Waals surface area contributed by atoms with Gasteiger partial charge in [0, 0.05) is 12.1 Å². The van der Waals surface area contributed by atoms with E-state index in [1.807, 2.05) is 0 Å². The largest absolute Gasteiger partial charge is 0.279 e. The molecule has 16 heavy (non-hydrogen) atoms. The van der Waals surface area contributed by atoms with Crippen molar-refractivity contribution in [1.82, 2.24) is 0 Å². The maximum Gasteiger partial charge on any atom is 0.246 e. The summed E-state index contributed by atoms with van der Waals surface area (Å²) in [6.45, 7) is 0. The minimum Gasteiger partial charge on any atom is -0.279 e. The van der Waals surface area contributed by atoms with E-state index < -0.39 is 38.9 Å². The van der Waals surface area contributed by atoms with Crippen LogP contribution in [0.3, 0.4) is 0 Å². The van der Waals surface area contributed by atoms with Crippen LogP contribution in [0.25, 0.3) is 0 Å². The Bertz CT molecular complexity index is 551. The minimum absolute atomic E-state index is 0.275. The molecule has 0 fully saturated rings. The molecule has 0 aliphatic heterocycles. The lowest BCUT2D eigenvalue weighted by molar-refractivity contribution is 0.498. The third kappa shape index (κ3) is 2.87. The highest BCUT2D eigenvalue weighted by Crippen LogP contribution is 2.20. The molecule has 8 heteroatoms. The van der Waals surface area contributed by atoms with E-state index in [4.69, 9.17) is 5.26 Å². The van der Waals surface area contributed by atoms with E-state index in [1.54, 1.807) is 4.72 Å². The number of hydrogen-bond donors (Lipinski definition) is 1. The van der Waals surface area contributed by atoms with Crippen LogP contribution in [-0.2, 0) is 10.0 Å². The van der Waals surface area contributed by atoms with Crippen molar-refractivity contribution >= 4 is 15.7 Å². The second-order valence-corrected chi connectivity index (χ2v) is 4.49. The Kier molecular flexibility index (Phi) is 3.39. The molecule has 1 aromatic carbocycles. The van der Waals surface area contributed by atoms with E-state index in [-0.39, 0.29) is 6.07 Å². The fraction of sp³-hybridized carbons (Fsp3) is 0.125. The number of nitriles is 1. The molecule has 1 N–H and O–H groups in total. The molecule has 1 aromatic rings. The van der Waals surface area contributed by atoms with Gasteiger partial charge in [0.05, 0.1) is 11.8 Å². The number of nitrogens with one attached hydrogen (secondary N) is 1. The fourth-order valence-electron chi connectivity index (χ4n) is 0.919. The molecule has 0 aliphatic rings. The van der Waals surface area contributed by atoms with E-state index in [0.29, 0.717) is 6.07 Å². The monoisotopic (exact) mass is 250 g/mol. The first-order valence-electron chi connectivity index (χ1n) is 3.87. The van der Waals surface area contributed by atoms with Crippen LogP contribution in [0.1, 0.15) is 0 Å². The third-order valence-electron chi connectivity index (χ3n) is 1.51. The molecule has 0 radical (unpaired) electrons. The van der Waals surface area contributed by atoms with Gasteiger partial charge in [-0.1, -0.05) is 0 Å². The molecular weight excluding hydrogens is 245 g/mol. The van der Waals surface area contributed by atoms with Crippen LogP contribution in [0.5, 0.6) is 0 Å². The number of nitrogens with zero attached hydrogens (tertiary/aromatic N) is 1. The number of rotatable bonds is 3. The molecule has 86 valence electrons. The molecule has 0 saturated carbocycles. The highest BCUT2D eigenvalue weighted by Gasteiger charge is 2.16. The molecule has 0 heterocycles. The summed E-state index contributed by atoms with van der Waals surface area (Å²) >= 11 is 0. The summed E-state index contributed by atoms with van der Waals surface area (Å²) in [5, 5.41) is 8.15. The Morgan fingerprint density at radius 3 is 2.50 bits per heavy atom. The predicted molar refractivity (Wildman–Crippen MR) is 49.3 cm³/mol. The summed E-state index contributed by atoms with van der Waals surface area (Å²) in [5.74, 6) is -5.11. The normalized spacial score (nSPS) is 10.9. The van der Waals surface area contributed by atoms with Gasteiger partial charge in [-0.15, -0.1) is 0 Å². The first kappa shape index (κ1) is 12.3. The van der Waals surface area contributed by atoms with Gasteiger partial charge in [0.1, 0.15) is 5.82 Å². The average molecular weight is 250 g/mol. The second-order valence-electron chi connectivity index (χ2n) is 2.77. The summed E-state index contributed by atoms with van der Waals surface area (Å²) < 4.78 is 62.0. The highest BCUT2D eigenvalue weighted by atomic mass is 32.2. The van der Waals surface area contributed by atoms with Crippen molar-refractivity contribution in [2.24, 2.45) is 0 Å². The van der Waals surface area contributed by atoms with Crippen molar-refractivity contribution in [3.8, 4) is 6.07 Å². The molecular formula is C8H5F3N2O2S. The van der Waals surface area contributed by atoms with Crippen LogP contribution < -0.4 is 4.72 Å². The SMILES string of the molecule is N#CCS(=O)(=O)Nc1cc(F)cc(F)c1F. The average Bonchev–Trinajstić information content (AvgIpc) is 2.12. The zero-order chi connectivity index (χ0) is 12.3. The predicted octanol–water partition coefficient (Wildman–Crippen LogP) is 1.37. The van der Waals surface area contributed by atoms with Crippen LogP contribution >= 0.6 is 0 Å². The standard InChI is InChI=1S/C8H5F3N2O2S/c9-5-3-6(10)8(11)7(4-5)13-16(14,15)2-1-12/h3-4,13H,2H2. The molecule has 0 spiro atoms. The van der Waals surface area contributed by atoms with Gasteiger partial charge in [-0.05, 0) is 0 Å². The molecule has 4 nitrogen and oxygen atoms in total. The van der Waals surface area contributed by atoms with Gasteiger partial charge in [-0.3, -0.25) is 4.72 Å². The Balaban J connectivity index is 3.13. The van der Waals surface area contributed by atoms with Crippen molar-refractivity contribution < 1.29 is 21.6 Å². The maximum absolute atomic E-state index is 13.0. The van der Waals surface area contributed by atoms with Crippen LogP contribution in [0.4, 0.5) is 18.9 Å². The lowest BCUT2D eigenvalue weighted by Crippen LogP contribution is -2.17. The zero-order valence-corrected chi connectivity index (χ0v) is 8.48. The van der Waals surface area contributed by atoms with Crippen LogP contribution in [0.15, 0.2) is 12.1 Å². The molecule has 0 atom stereocenters.